The summed E-state index contributed by atoms with van der Waals surface area (Å²) >= 11 is 0. The van der Waals surface area contributed by atoms with Gasteiger partial charge in [0.1, 0.15) is 5.82 Å². The van der Waals surface area contributed by atoms with Crippen molar-refractivity contribution in [2.24, 2.45) is 0 Å². The molecule has 0 unspecified atom stereocenters. The number of hydrogen-bond donors (Lipinski definition) is 1. The maximum atomic E-state index is 5.85. The molecule has 2 atom stereocenters. The van der Waals surface area contributed by atoms with Crippen molar-refractivity contribution in [3.05, 3.63) is 18.1 Å². The van der Waals surface area contributed by atoms with Crippen LogP contribution in [0.4, 0.5) is 5.82 Å². The summed E-state index contributed by atoms with van der Waals surface area (Å²) in [4.78, 5) is 16.4. The number of ether oxygens (including phenoxy) is 1. The van der Waals surface area contributed by atoms with Gasteiger partial charge in [-0.05, 0) is 7.05 Å². The van der Waals surface area contributed by atoms with Crippen molar-refractivity contribution in [2.75, 3.05) is 64.4 Å². The molecule has 0 amide bonds. The molecule has 3 saturated heterocycles. The summed E-state index contributed by atoms with van der Waals surface area (Å²) in [5.74, 6) is 1.02. The highest BCUT2D eigenvalue weighted by Gasteiger charge is 2.35. The van der Waals surface area contributed by atoms with Gasteiger partial charge in [-0.2, -0.15) is 0 Å². The molecule has 0 radical (unpaired) electrons. The molecule has 1 N–H and O–H groups in total. The van der Waals surface area contributed by atoms with Gasteiger partial charge in [-0.3, -0.25) is 9.88 Å². The number of aromatic nitrogens is 2. The van der Waals surface area contributed by atoms with E-state index in [2.05, 4.69) is 32.0 Å². The van der Waals surface area contributed by atoms with E-state index in [1.807, 2.05) is 12.4 Å². The third kappa shape index (κ3) is 3.47. The lowest BCUT2D eigenvalue weighted by Gasteiger charge is -2.33. The number of rotatable bonds is 3. The quantitative estimate of drug-likeness (QED) is 0.799. The van der Waals surface area contributed by atoms with Gasteiger partial charge in [0, 0.05) is 64.6 Å². The Labute approximate surface area is 137 Å². The van der Waals surface area contributed by atoms with Crippen LogP contribution in [0.1, 0.15) is 5.69 Å². The first-order valence-corrected chi connectivity index (χ1v) is 8.60. The van der Waals surface area contributed by atoms with E-state index in [-0.39, 0.29) is 0 Å². The first kappa shape index (κ1) is 15.3. The molecule has 3 aliphatic rings. The summed E-state index contributed by atoms with van der Waals surface area (Å²) < 4.78 is 5.85. The molecule has 4 rings (SSSR count). The van der Waals surface area contributed by atoms with Gasteiger partial charge in [0.05, 0.1) is 24.6 Å². The lowest BCUT2D eigenvalue weighted by atomic mass is 10.2. The summed E-state index contributed by atoms with van der Waals surface area (Å²) in [6.45, 7) is 8.90. The molecule has 126 valence electrons. The number of fused-ring (bicyclic) bond motifs is 1. The molecule has 0 spiro atoms. The Morgan fingerprint density at radius 2 is 2.09 bits per heavy atom. The number of piperazine rings is 1. The first-order valence-electron chi connectivity index (χ1n) is 8.60. The minimum Gasteiger partial charge on any atom is -0.374 e. The van der Waals surface area contributed by atoms with Crippen LogP contribution in [-0.4, -0.2) is 91.4 Å². The topological polar surface area (TPSA) is 56.8 Å². The lowest BCUT2D eigenvalue weighted by molar-refractivity contribution is 0.0175. The maximum absolute atomic E-state index is 5.85. The Bertz CT molecular complexity index is 519. The average Bonchev–Trinajstić information content (AvgIpc) is 2.98. The maximum Gasteiger partial charge on any atom is 0.147 e. The highest BCUT2D eigenvalue weighted by atomic mass is 16.5. The van der Waals surface area contributed by atoms with Crippen molar-refractivity contribution in [2.45, 2.75) is 18.7 Å². The summed E-state index contributed by atoms with van der Waals surface area (Å²) in [5.41, 5.74) is 1.06. The summed E-state index contributed by atoms with van der Waals surface area (Å²) in [5, 5.41) is 3.55. The number of nitrogens with one attached hydrogen (secondary N) is 1. The summed E-state index contributed by atoms with van der Waals surface area (Å²) in [6.07, 6.45) is 4.12. The highest BCUT2D eigenvalue weighted by Crippen LogP contribution is 2.19. The van der Waals surface area contributed by atoms with Gasteiger partial charge >= 0.3 is 0 Å². The predicted octanol–water partition coefficient (Wildman–Crippen LogP) is -0.599. The number of nitrogens with zero attached hydrogens (tertiary/aromatic N) is 5. The Hall–Kier alpha value is -1.28. The minimum absolute atomic E-state index is 0.331. The van der Waals surface area contributed by atoms with Crippen LogP contribution < -0.4 is 10.2 Å². The van der Waals surface area contributed by atoms with E-state index in [1.165, 1.54) is 0 Å². The molecule has 1 aromatic rings. The third-order valence-corrected chi connectivity index (χ3v) is 5.07. The van der Waals surface area contributed by atoms with Gasteiger partial charge in [-0.15, -0.1) is 0 Å². The fourth-order valence-corrected chi connectivity index (χ4v) is 3.69. The van der Waals surface area contributed by atoms with E-state index in [0.29, 0.717) is 12.1 Å². The van der Waals surface area contributed by atoms with Crippen LogP contribution in [0.25, 0.3) is 0 Å². The summed E-state index contributed by atoms with van der Waals surface area (Å²) in [6, 6.07) is 0.470. The fraction of sp³-hybridized carbons (Fsp3) is 0.750. The molecule has 7 nitrogen and oxygen atoms in total. The van der Waals surface area contributed by atoms with Gasteiger partial charge < -0.3 is 19.9 Å². The van der Waals surface area contributed by atoms with Gasteiger partial charge in [0.15, 0.2) is 0 Å². The Morgan fingerprint density at radius 3 is 2.91 bits per heavy atom. The van der Waals surface area contributed by atoms with Crippen molar-refractivity contribution in [3.63, 3.8) is 0 Å². The second-order valence-electron chi connectivity index (χ2n) is 6.82. The zero-order chi connectivity index (χ0) is 15.6. The van der Waals surface area contributed by atoms with Crippen LogP contribution >= 0.6 is 0 Å². The Kier molecular flexibility index (Phi) is 4.43. The second-order valence-corrected chi connectivity index (χ2v) is 6.82. The fourth-order valence-electron chi connectivity index (χ4n) is 3.69. The molecule has 0 saturated carbocycles. The molecule has 0 bridgehead atoms. The van der Waals surface area contributed by atoms with Crippen molar-refractivity contribution in [1.82, 2.24) is 25.1 Å². The highest BCUT2D eigenvalue weighted by molar-refractivity contribution is 5.37. The number of morpholine rings is 1. The molecule has 0 aromatic carbocycles. The van der Waals surface area contributed by atoms with E-state index in [1.54, 1.807) is 0 Å². The molecule has 23 heavy (non-hydrogen) atoms. The molecular formula is C16H26N6O. The Morgan fingerprint density at radius 1 is 1.22 bits per heavy atom. The number of anilines is 1. The molecular weight excluding hydrogens is 292 g/mol. The van der Waals surface area contributed by atoms with Gasteiger partial charge in [-0.25, -0.2) is 4.98 Å². The molecule has 1 aromatic heterocycles. The lowest BCUT2D eigenvalue weighted by Crippen LogP contribution is -2.47. The first-order chi connectivity index (χ1) is 11.3. The zero-order valence-corrected chi connectivity index (χ0v) is 13.8. The van der Waals surface area contributed by atoms with Crippen molar-refractivity contribution in [3.8, 4) is 0 Å². The predicted molar refractivity (Wildman–Crippen MR) is 88.5 cm³/mol. The van der Waals surface area contributed by atoms with E-state index >= 15 is 0 Å². The number of likely N-dealkylation sites (N-methyl/N-ethyl adjacent to an activating group) is 1. The van der Waals surface area contributed by atoms with Crippen LogP contribution in [-0.2, 0) is 11.3 Å². The SMILES string of the molecule is CN1CCN(c2cncc(CN3C[C@@H]4NCCO[C@@H]4C3)n2)CC1. The zero-order valence-electron chi connectivity index (χ0n) is 13.8. The Balaban J connectivity index is 1.39. The largest absolute Gasteiger partial charge is 0.374 e. The number of hydrogen-bond acceptors (Lipinski definition) is 7. The van der Waals surface area contributed by atoms with Crippen LogP contribution in [0, 0.1) is 0 Å². The molecule has 0 aliphatic carbocycles. The molecule has 3 fully saturated rings. The standard InChI is InChI=1S/C16H26N6O/c1-20-3-5-22(6-4-20)16-9-17-8-13(19-16)10-21-11-14-15(12-21)23-7-2-18-14/h8-9,14-15,18H,2-7,10-12H2,1H3/t14-,15+/m0/s1. The van der Waals surface area contributed by atoms with Crippen molar-refractivity contribution < 1.29 is 4.74 Å². The smallest absolute Gasteiger partial charge is 0.147 e. The van der Waals surface area contributed by atoms with E-state index < -0.39 is 0 Å². The van der Waals surface area contributed by atoms with Crippen LogP contribution in [0.5, 0.6) is 0 Å². The van der Waals surface area contributed by atoms with Crippen LogP contribution in [0.15, 0.2) is 12.4 Å². The van der Waals surface area contributed by atoms with Gasteiger partial charge in [0.2, 0.25) is 0 Å². The van der Waals surface area contributed by atoms with Crippen molar-refractivity contribution >= 4 is 5.82 Å². The van der Waals surface area contributed by atoms with E-state index in [0.717, 1.165) is 70.5 Å². The van der Waals surface area contributed by atoms with Gasteiger partial charge in [0.25, 0.3) is 0 Å². The average molecular weight is 318 g/mol. The summed E-state index contributed by atoms with van der Waals surface area (Å²) in [7, 11) is 2.17. The van der Waals surface area contributed by atoms with Crippen molar-refractivity contribution in [1.29, 1.82) is 0 Å². The second kappa shape index (κ2) is 6.68. The normalized spacial score (nSPS) is 29.7. The number of likely N-dealkylation sites (tertiary alicyclic amines) is 1. The molecule has 7 heteroatoms. The molecule has 3 aliphatic heterocycles. The van der Waals surface area contributed by atoms with Crippen LogP contribution in [0.2, 0.25) is 0 Å². The monoisotopic (exact) mass is 318 g/mol. The van der Waals surface area contributed by atoms with Gasteiger partial charge in [-0.1, -0.05) is 0 Å². The van der Waals surface area contributed by atoms with Crippen LogP contribution in [0.3, 0.4) is 0 Å². The van der Waals surface area contributed by atoms with E-state index in [4.69, 9.17) is 9.72 Å². The third-order valence-electron chi connectivity index (χ3n) is 5.07. The minimum atomic E-state index is 0.331. The van der Waals surface area contributed by atoms with E-state index in [9.17, 15) is 0 Å². The molecule has 4 heterocycles.